The molecule has 0 aliphatic carbocycles. The molecule has 0 aromatic heterocycles. The number of carbonyl (C=O) groups is 2. The summed E-state index contributed by atoms with van der Waals surface area (Å²) >= 11 is 6.13. The Labute approximate surface area is 219 Å². The van der Waals surface area contributed by atoms with Gasteiger partial charge in [-0.05, 0) is 45.1 Å². The van der Waals surface area contributed by atoms with Crippen LogP contribution in [0.25, 0.3) is 0 Å². The van der Waals surface area contributed by atoms with Gasteiger partial charge in [0.1, 0.15) is 5.75 Å². The Morgan fingerprint density at radius 2 is 1.86 bits per heavy atom. The average molecular weight is 533 g/mol. The smallest absolute Gasteiger partial charge is 0.317 e. The number of carbonyl (C=O) groups excluding carboxylic acids is 2. The minimum atomic E-state index is -0.258. The molecule has 0 bridgehead atoms. The number of ether oxygens (including phenoxy) is 2. The average Bonchev–Trinajstić information content (AvgIpc) is 2.81. The van der Waals surface area contributed by atoms with Gasteiger partial charge < -0.3 is 35.6 Å². The van der Waals surface area contributed by atoms with Crippen LogP contribution < -0.4 is 21.1 Å². The molecule has 4 N–H and O–H groups in total. The third-order valence-corrected chi connectivity index (χ3v) is 6.98. The van der Waals surface area contributed by atoms with Crippen molar-refractivity contribution in [3.63, 3.8) is 0 Å². The maximum atomic E-state index is 13.0. The van der Waals surface area contributed by atoms with Gasteiger partial charge >= 0.3 is 6.03 Å². The van der Waals surface area contributed by atoms with Crippen molar-refractivity contribution in [1.82, 2.24) is 20.4 Å². The highest BCUT2D eigenvalue weighted by molar-refractivity contribution is 6.33. The standard InChI is InChI=1S/C24H38ClN5O4.ClH/c1-15(2)27-24(32)30-9-5-16(6-10-30)13-29-8-7-20(22(14-29)34-4)28-23(31)17-11-18(25)19(26)12-21(17)33-3;/h11-12,15-16,20,22H,5-10,13-14,26H2,1-4H3,(H,27,32)(H,28,31);1H. The highest BCUT2D eigenvalue weighted by atomic mass is 35.5. The first-order valence-electron chi connectivity index (χ1n) is 12.0. The Kier molecular flexibility index (Phi) is 11.2. The molecule has 2 fully saturated rings. The van der Waals surface area contributed by atoms with E-state index in [1.54, 1.807) is 13.2 Å². The first kappa shape index (κ1) is 29.3. The van der Waals surface area contributed by atoms with Crippen LogP contribution in [0.3, 0.4) is 0 Å². The van der Waals surface area contributed by atoms with Crippen molar-refractivity contribution in [3.8, 4) is 5.75 Å². The largest absolute Gasteiger partial charge is 0.496 e. The van der Waals surface area contributed by atoms with Gasteiger partial charge in [-0.15, -0.1) is 12.4 Å². The van der Waals surface area contributed by atoms with Gasteiger partial charge in [0.05, 0.1) is 35.5 Å². The molecule has 35 heavy (non-hydrogen) atoms. The van der Waals surface area contributed by atoms with E-state index < -0.39 is 0 Å². The molecule has 198 valence electrons. The monoisotopic (exact) mass is 531 g/mol. The van der Waals surface area contributed by atoms with Crippen molar-refractivity contribution in [1.29, 1.82) is 0 Å². The summed E-state index contributed by atoms with van der Waals surface area (Å²) in [4.78, 5) is 29.5. The van der Waals surface area contributed by atoms with Crippen LogP contribution in [0.2, 0.25) is 5.02 Å². The van der Waals surface area contributed by atoms with Gasteiger partial charge in [0.15, 0.2) is 0 Å². The van der Waals surface area contributed by atoms with Crippen LogP contribution in [0.1, 0.15) is 43.5 Å². The van der Waals surface area contributed by atoms with E-state index in [2.05, 4.69) is 15.5 Å². The molecule has 2 aliphatic rings. The van der Waals surface area contributed by atoms with Gasteiger partial charge in [0, 0.05) is 51.9 Å². The second-order valence-corrected chi connectivity index (χ2v) is 9.92. The number of methoxy groups -OCH3 is 2. The lowest BCUT2D eigenvalue weighted by Crippen LogP contribution is -2.56. The van der Waals surface area contributed by atoms with E-state index in [1.165, 1.54) is 13.2 Å². The minimum Gasteiger partial charge on any atom is -0.496 e. The number of rotatable bonds is 7. The first-order chi connectivity index (χ1) is 16.2. The Balaban J connectivity index is 0.00000432. The summed E-state index contributed by atoms with van der Waals surface area (Å²) in [6.45, 7) is 8.12. The number of amides is 3. The number of nitrogens with zero attached hydrogens (tertiary/aromatic N) is 2. The van der Waals surface area contributed by atoms with Gasteiger partial charge in [-0.25, -0.2) is 4.79 Å². The molecule has 2 saturated heterocycles. The van der Waals surface area contributed by atoms with Crippen LogP contribution in [0, 0.1) is 5.92 Å². The predicted molar refractivity (Wildman–Crippen MR) is 141 cm³/mol. The molecule has 0 spiro atoms. The van der Waals surface area contributed by atoms with Gasteiger partial charge in [0.2, 0.25) is 0 Å². The number of nitrogens with one attached hydrogen (secondary N) is 2. The number of hydrogen-bond acceptors (Lipinski definition) is 6. The highest BCUT2D eigenvalue weighted by Crippen LogP contribution is 2.29. The summed E-state index contributed by atoms with van der Waals surface area (Å²) in [6, 6.07) is 3.16. The number of nitrogens with two attached hydrogens (primary N) is 1. The Morgan fingerprint density at radius 1 is 1.17 bits per heavy atom. The van der Waals surface area contributed by atoms with Crippen molar-refractivity contribution in [3.05, 3.63) is 22.7 Å². The van der Waals surface area contributed by atoms with E-state index in [4.69, 9.17) is 26.8 Å². The maximum absolute atomic E-state index is 13.0. The summed E-state index contributed by atoms with van der Waals surface area (Å²) < 4.78 is 11.1. The number of benzene rings is 1. The number of anilines is 1. The van der Waals surface area contributed by atoms with Crippen molar-refractivity contribution in [2.45, 2.75) is 51.3 Å². The summed E-state index contributed by atoms with van der Waals surface area (Å²) in [7, 11) is 3.18. The zero-order valence-electron chi connectivity index (χ0n) is 21.0. The van der Waals surface area contributed by atoms with Crippen LogP contribution in [0.4, 0.5) is 10.5 Å². The third-order valence-electron chi connectivity index (χ3n) is 6.66. The predicted octanol–water partition coefficient (Wildman–Crippen LogP) is 3.00. The van der Waals surface area contributed by atoms with Crippen molar-refractivity contribution in [2.75, 3.05) is 52.7 Å². The van der Waals surface area contributed by atoms with E-state index >= 15 is 0 Å². The molecule has 2 heterocycles. The van der Waals surface area contributed by atoms with Crippen LogP contribution in [0.5, 0.6) is 5.75 Å². The fourth-order valence-corrected chi connectivity index (χ4v) is 4.90. The topological polar surface area (TPSA) is 109 Å². The van der Waals surface area contributed by atoms with E-state index in [0.29, 0.717) is 27.9 Å². The van der Waals surface area contributed by atoms with Gasteiger partial charge in [0.25, 0.3) is 5.91 Å². The van der Waals surface area contributed by atoms with Gasteiger partial charge in [-0.1, -0.05) is 11.6 Å². The number of likely N-dealkylation sites (tertiary alicyclic amines) is 2. The zero-order chi connectivity index (χ0) is 24.8. The second kappa shape index (κ2) is 13.4. The van der Waals surface area contributed by atoms with Gasteiger partial charge in [-0.2, -0.15) is 0 Å². The SMILES string of the molecule is COc1cc(N)c(Cl)cc1C(=O)NC1CCN(CC2CCN(C(=O)NC(C)C)CC2)CC1OC.Cl. The Hall–Kier alpha value is -1.94. The molecule has 2 unspecified atom stereocenters. The number of hydrogen-bond donors (Lipinski definition) is 3. The number of urea groups is 1. The highest BCUT2D eigenvalue weighted by Gasteiger charge is 2.33. The third kappa shape index (κ3) is 7.77. The van der Waals surface area contributed by atoms with Crippen LogP contribution >= 0.6 is 24.0 Å². The number of halogens is 2. The van der Waals surface area contributed by atoms with E-state index in [1.807, 2.05) is 18.7 Å². The lowest BCUT2D eigenvalue weighted by Gasteiger charge is -2.41. The molecule has 1 aromatic rings. The van der Waals surface area contributed by atoms with Crippen molar-refractivity contribution < 1.29 is 19.1 Å². The normalized spacial score (nSPS) is 21.4. The molecular weight excluding hydrogens is 493 g/mol. The molecule has 3 amide bonds. The number of piperidine rings is 2. The van der Waals surface area contributed by atoms with E-state index in [0.717, 1.165) is 52.0 Å². The maximum Gasteiger partial charge on any atom is 0.317 e. The molecule has 0 saturated carbocycles. The Morgan fingerprint density at radius 3 is 2.46 bits per heavy atom. The van der Waals surface area contributed by atoms with Gasteiger partial charge in [-0.3, -0.25) is 4.79 Å². The molecule has 9 nitrogen and oxygen atoms in total. The summed E-state index contributed by atoms with van der Waals surface area (Å²) in [5, 5.41) is 6.38. The lowest BCUT2D eigenvalue weighted by molar-refractivity contribution is -0.000640. The lowest BCUT2D eigenvalue weighted by atomic mass is 9.94. The van der Waals surface area contributed by atoms with Crippen LogP contribution in [-0.4, -0.2) is 86.9 Å². The summed E-state index contributed by atoms with van der Waals surface area (Å²) in [5.41, 5.74) is 6.55. The Bertz CT molecular complexity index is 865. The molecule has 1 aromatic carbocycles. The molecule has 3 rings (SSSR count). The van der Waals surface area contributed by atoms with Crippen LogP contribution in [0.15, 0.2) is 12.1 Å². The number of nitrogen functional groups attached to an aromatic ring is 1. The minimum absolute atomic E-state index is 0. The molecular formula is C24H39Cl2N5O4. The fraction of sp³-hybridized carbons (Fsp3) is 0.667. The molecule has 11 heteroatoms. The molecule has 0 radical (unpaired) electrons. The van der Waals surface area contributed by atoms with Crippen LogP contribution in [-0.2, 0) is 4.74 Å². The van der Waals surface area contributed by atoms with Crippen molar-refractivity contribution in [2.24, 2.45) is 5.92 Å². The molecule has 2 aliphatic heterocycles. The van der Waals surface area contributed by atoms with E-state index in [-0.39, 0.29) is 42.5 Å². The van der Waals surface area contributed by atoms with E-state index in [9.17, 15) is 9.59 Å². The summed E-state index contributed by atoms with van der Waals surface area (Å²) in [5.74, 6) is 0.679. The second-order valence-electron chi connectivity index (χ2n) is 9.51. The first-order valence-corrected chi connectivity index (χ1v) is 12.3. The van der Waals surface area contributed by atoms with Crippen molar-refractivity contribution >= 4 is 41.6 Å². The zero-order valence-corrected chi connectivity index (χ0v) is 22.6. The fourth-order valence-electron chi connectivity index (χ4n) is 4.73. The summed E-state index contributed by atoms with van der Waals surface area (Å²) in [6.07, 6.45) is 2.66. The quantitative estimate of drug-likeness (QED) is 0.466. The molecule has 2 atom stereocenters.